The zero-order chi connectivity index (χ0) is 19.5. The number of hydrogen-bond acceptors (Lipinski definition) is 1. The topological polar surface area (TPSA) is 26.0 Å². The van der Waals surface area contributed by atoms with E-state index in [1.807, 2.05) is 0 Å². The predicted molar refractivity (Wildman–Crippen MR) is 111 cm³/mol. The summed E-state index contributed by atoms with van der Waals surface area (Å²) in [5, 5.41) is 0. The van der Waals surface area contributed by atoms with Gasteiger partial charge in [-0.05, 0) is 40.9 Å². The van der Waals surface area contributed by atoms with Crippen LogP contribution in [0.3, 0.4) is 0 Å². The lowest BCUT2D eigenvalue weighted by Gasteiger charge is -2.54. The van der Waals surface area contributed by atoms with E-state index >= 15 is 0 Å². The largest absolute Gasteiger partial charge is 0.327 e. The summed E-state index contributed by atoms with van der Waals surface area (Å²) in [7, 11) is 0. The Kier molecular flexibility index (Phi) is 8.28. The minimum absolute atomic E-state index is 0.0409. The second kappa shape index (κ2) is 8.39. The van der Waals surface area contributed by atoms with Crippen molar-refractivity contribution in [3.05, 3.63) is 12.7 Å². The first kappa shape index (κ1) is 23.7. The molecule has 0 aliphatic carbocycles. The van der Waals surface area contributed by atoms with Crippen LogP contribution in [-0.2, 0) is 0 Å². The van der Waals surface area contributed by atoms with Gasteiger partial charge in [-0.3, -0.25) is 0 Å². The lowest BCUT2D eigenvalue weighted by atomic mass is 9.52. The highest BCUT2D eigenvalue weighted by atomic mass is 14.7. The minimum atomic E-state index is -0.0409. The molecule has 24 heavy (non-hydrogen) atoms. The number of rotatable bonds is 9. The van der Waals surface area contributed by atoms with E-state index in [1.54, 1.807) is 0 Å². The van der Waals surface area contributed by atoms with Gasteiger partial charge in [-0.15, -0.1) is 6.58 Å². The van der Waals surface area contributed by atoms with Crippen molar-refractivity contribution in [1.82, 2.24) is 0 Å². The molecule has 0 rings (SSSR count). The first-order chi connectivity index (χ1) is 10.7. The number of hydrogen-bond donors (Lipinski definition) is 1. The number of nitrogens with two attached hydrogens (primary N) is 1. The summed E-state index contributed by atoms with van der Waals surface area (Å²) in [6.45, 7) is 30.1. The highest BCUT2D eigenvalue weighted by Gasteiger charge is 2.49. The predicted octanol–water partition coefficient (Wildman–Crippen LogP) is 6.92. The van der Waals surface area contributed by atoms with E-state index in [0.717, 1.165) is 0 Å². The van der Waals surface area contributed by atoms with Crippen LogP contribution >= 0.6 is 0 Å². The average Bonchev–Trinajstić information content (AvgIpc) is 2.40. The first-order valence-corrected chi connectivity index (χ1v) is 10.1. The molecule has 1 nitrogen and oxygen atoms in total. The van der Waals surface area contributed by atoms with E-state index in [1.165, 1.54) is 12.8 Å². The second-order valence-corrected chi connectivity index (χ2v) is 10.7. The maximum atomic E-state index is 7.03. The van der Waals surface area contributed by atoms with Crippen molar-refractivity contribution in [2.45, 2.75) is 95.0 Å². The van der Waals surface area contributed by atoms with Crippen LogP contribution in [-0.4, -0.2) is 6.04 Å². The zero-order valence-electron chi connectivity index (χ0n) is 18.7. The molecular formula is C23H47N. The summed E-state index contributed by atoms with van der Waals surface area (Å²) >= 11 is 0. The second-order valence-electron chi connectivity index (χ2n) is 10.7. The monoisotopic (exact) mass is 337 g/mol. The molecule has 0 amide bonds. The van der Waals surface area contributed by atoms with Crippen molar-refractivity contribution in [3.63, 3.8) is 0 Å². The van der Waals surface area contributed by atoms with Gasteiger partial charge >= 0.3 is 0 Å². The van der Waals surface area contributed by atoms with E-state index in [9.17, 15) is 0 Å². The molecule has 144 valence electrons. The van der Waals surface area contributed by atoms with Crippen LogP contribution in [0.4, 0.5) is 0 Å². The summed E-state index contributed by atoms with van der Waals surface area (Å²) < 4.78 is 0. The molecule has 0 spiro atoms. The Bertz CT molecular complexity index is 385. The van der Waals surface area contributed by atoms with Crippen molar-refractivity contribution in [3.8, 4) is 0 Å². The highest BCUT2D eigenvalue weighted by molar-refractivity contribution is 5.07. The molecule has 4 unspecified atom stereocenters. The Balaban J connectivity index is 6.20. The molecule has 0 fully saturated rings. The molecule has 0 radical (unpaired) electrons. The molecule has 0 bridgehead atoms. The molecule has 0 saturated carbocycles. The van der Waals surface area contributed by atoms with Gasteiger partial charge in [-0.2, -0.15) is 0 Å². The molecule has 0 aromatic carbocycles. The molecule has 0 aromatic rings. The Hall–Kier alpha value is -0.300. The van der Waals surface area contributed by atoms with Gasteiger partial charge in [-0.25, -0.2) is 0 Å². The van der Waals surface area contributed by atoms with Crippen LogP contribution in [0.1, 0.15) is 89.0 Å². The van der Waals surface area contributed by atoms with Crippen LogP contribution in [0.5, 0.6) is 0 Å². The fraction of sp³-hybridized carbons (Fsp3) is 0.913. The third-order valence-electron chi connectivity index (χ3n) is 6.64. The van der Waals surface area contributed by atoms with Crippen LogP contribution < -0.4 is 5.73 Å². The van der Waals surface area contributed by atoms with Crippen LogP contribution in [0.2, 0.25) is 0 Å². The lowest BCUT2D eigenvalue weighted by Crippen LogP contribution is -2.55. The maximum absolute atomic E-state index is 7.03. The molecular weight excluding hydrogens is 290 g/mol. The Morgan fingerprint density at radius 3 is 1.67 bits per heavy atom. The van der Waals surface area contributed by atoms with E-state index in [2.05, 4.69) is 88.8 Å². The van der Waals surface area contributed by atoms with Gasteiger partial charge in [0.05, 0.1) is 0 Å². The summed E-state index contributed by atoms with van der Waals surface area (Å²) in [5.41, 5.74) is 7.49. The summed E-state index contributed by atoms with van der Waals surface area (Å²) in [4.78, 5) is 0. The molecule has 0 aromatic heterocycles. The van der Waals surface area contributed by atoms with E-state index in [4.69, 9.17) is 5.73 Å². The third-order valence-corrected chi connectivity index (χ3v) is 6.64. The summed E-state index contributed by atoms with van der Waals surface area (Å²) in [6, 6.07) is 0.121. The van der Waals surface area contributed by atoms with Crippen LogP contribution in [0, 0.1) is 39.9 Å². The van der Waals surface area contributed by atoms with Gasteiger partial charge in [0, 0.05) is 11.5 Å². The molecule has 0 heterocycles. The lowest BCUT2D eigenvalue weighted by molar-refractivity contribution is -0.0288. The van der Waals surface area contributed by atoms with Gasteiger partial charge in [0.2, 0.25) is 0 Å². The van der Waals surface area contributed by atoms with Crippen molar-refractivity contribution in [1.29, 1.82) is 0 Å². The standard InChI is InChI=1S/C23H47N/c1-13-15-22(10,11)19(21(7,8)9)18(16(3)4)20(24)23(12,14-2)17(5)6/h14,16-20H,2,13,15,24H2,1,3-12H3. The van der Waals surface area contributed by atoms with Gasteiger partial charge in [0.1, 0.15) is 0 Å². The molecule has 0 saturated heterocycles. The van der Waals surface area contributed by atoms with E-state index in [-0.39, 0.29) is 22.3 Å². The first-order valence-electron chi connectivity index (χ1n) is 10.1. The van der Waals surface area contributed by atoms with E-state index in [0.29, 0.717) is 23.7 Å². The van der Waals surface area contributed by atoms with Crippen molar-refractivity contribution in [2.24, 2.45) is 45.7 Å². The fourth-order valence-electron chi connectivity index (χ4n) is 5.25. The summed E-state index contributed by atoms with van der Waals surface area (Å²) in [6.07, 6.45) is 4.59. The molecule has 1 heteroatoms. The highest BCUT2D eigenvalue weighted by Crippen LogP contribution is 2.52. The smallest absolute Gasteiger partial charge is 0.0164 e. The van der Waals surface area contributed by atoms with Crippen molar-refractivity contribution >= 4 is 0 Å². The summed E-state index contributed by atoms with van der Waals surface area (Å²) in [5.74, 6) is 2.08. The SMILES string of the molecule is C=CC(C)(C(C)C)C(N)C(C(C)C)C(C(C)(C)C)C(C)(C)CCC. The Morgan fingerprint density at radius 2 is 1.42 bits per heavy atom. The van der Waals surface area contributed by atoms with Crippen molar-refractivity contribution < 1.29 is 0 Å². The Labute approximate surface area is 153 Å². The fourth-order valence-corrected chi connectivity index (χ4v) is 5.25. The Morgan fingerprint density at radius 1 is 0.958 bits per heavy atom. The molecule has 4 atom stereocenters. The molecule has 2 N–H and O–H groups in total. The van der Waals surface area contributed by atoms with Gasteiger partial charge < -0.3 is 5.73 Å². The van der Waals surface area contributed by atoms with Crippen molar-refractivity contribution in [2.75, 3.05) is 0 Å². The molecule has 0 aliphatic rings. The minimum Gasteiger partial charge on any atom is -0.327 e. The zero-order valence-corrected chi connectivity index (χ0v) is 18.7. The maximum Gasteiger partial charge on any atom is 0.0164 e. The quantitative estimate of drug-likeness (QED) is 0.454. The molecule has 0 aliphatic heterocycles. The van der Waals surface area contributed by atoms with Gasteiger partial charge in [0.25, 0.3) is 0 Å². The van der Waals surface area contributed by atoms with Gasteiger partial charge in [0.15, 0.2) is 0 Å². The van der Waals surface area contributed by atoms with E-state index < -0.39 is 0 Å². The van der Waals surface area contributed by atoms with Crippen LogP contribution in [0.15, 0.2) is 12.7 Å². The van der Waals surface area contributed by atoms with Crippen LogP contribution in [0.25, 0.3) is 0 Å². The average molecular weight is 338 g/mol. The normalized spacial score (nSPS) is 19.9. The third kappa shape index (κ3) is 5.10. The van der Waals surface area contributed by atoms with Gasteiger partial charge in [-0.1, -0.05) is 88.7 Å².